The van der Waals surface area contributed by atoms with E-state index >= 15 is 0 Å². The maximum absolute atomic E-state index is 12.5. The van der Waals surface area contributed by atoms with Gasteiger partial charge in [0.1, 0.15) is 11.6 Å². The topological polar surface area (TPSA) is 103 Å². The first-order chi connectivity index (χ1) is 16.1. The summed E-state index contributed by atoms with van der Waals surface area (Å²) < 4.78 is 10.2. The Morgan fingerprint density at radius 1 is 1.12 bits per heavy atom. The van der Waals surface area contributed by atoms with Crippen LogP contribution in [0.15, 0.2) is 24.5 Å². The van der Waals surface area contributed by atoms with Gasteiger partial charge in [0, 0.05) is 43.0 Å². The first-order valence-corrected chi connectivity index (χ1v) is 11.9. The summed E-state index contributed by atoms with van der Waals surface area (Å²) >= 11 is 0. The average molecular weight is 455 g/mol. The molecule has 2 aromatic rings. The number of fused-ring (bicyclic) bond motifs is 1. The lowest BCUT2D eigenvalue weighted by Gasteiger charge is -2.15. The molecule has 3 rings (SSSR count). The predicted molar refractivity (Wildman–Crippen MR) is 125 cm³/mol. The van der Waals surface area contributed by atoms with Crippen molar-refractivity contribution in [3.63, 3.8) is 0 Å². The van der Waals surface area contributed by atoms with Gasteiger partial charge in [0.2, 0.25) is 0 Å². The molecule has 0 unspecified atom stereocenters. The first-order valence-electron chi connectivity index (χ1n) is 11.9. The van der Waals surface area contributed by atoms with Crippen LogP contribution < -0.4 is 10.1 Å². The number of anilines is 1. The summed E-state index contributed by atoms with van der Waals surface area (Å²) in [5.74, 6) is 0.252. The number of esters is 1. The molecule has 0 bridgehead atoms. The number of Topliss-reactive ketones (excluding diaryl/α,β-unsaturated/α-hetero) is 1. The van der Waals surface area contributed by atoms with Gasteiger partial charge in [-0.25, -0.2) is 15.0 Å². The van der Waals surface area contributed by atoms with E-state index in [1.807, 2.05) is 0 Å². The van der Waals surface area contributed by atoms with Gasteiger partial charge in [0.15, 0.2) is 0 Å². The lowest BCUT2D eigenvalue weighted by molar-refractivity contribution is -0.145. The van der Waals surface area contributed by atoms with E-state index in [9.17, 15) is 9.59 Å². The minimum Gasteiger partial charge on any atom is -0.467 e. The Morgan fingerprint density at radius 2 is 1.94 bits per heavy atom. The summed E-state index contributed by atoms with van der Waals surface area (Å²) in [5, 5.41) is 3.42. The number of ketones is 1. The molecule has 0 fully saturated rings. The van der Waals surface area contributed by atoms with Crippen LogP contribution in [0.1, 0.15) is 74.6 Å². The van der Waals surface area contributed by atoms with Gasteiger partial charge in [-0.15, -0.1) is 0 Å². The molecule has 0 saturated carbocycles. The van der Waals surface area contributed by atoms with E-state index in [0.717, 1.165) is 43.7 Å². The fourth-order valence-electron chi connectivity index (χ4n) is 4.00. The SMILES string of the molecule is CCOC(=O)[C@H](CCC(=O)CCCCc1ccc2c(n1)NCCCC2)c1cnc(OC)nc1. The van der Waals surface area contributed by atoms with Crippen LogP contribution in [0.2, 0.25) is 0 Å². The number of unbranched alkanes of at least 4 members (excludes halogenated alkanes) is 1. The number of aromatic nitrogens is 3. The molecule has 178 valence electrons. The van der Waals surface area contributed by atoms with Crippen LogP contribution >= 0.6 is 0 Å². The molecule has 2 aromatic heterocycles. The van der Waals surface area contributed by atoms with E-state index in [2.05, 4.69) is 27.4 Å². The molecule has 0 saturated heterocycles. The molecule has 1 atom stereocenters. The molecule has 8 nitrogen and oxygen atoms in total. The summed E-state index contributed by atoms with van der Waals surface area (Å²) in [4.78, 5) is 37.8. The number of pyridine rings is 1. The number of carbonyl (C=O) groups excluding carboxylic acids is 2. The van der Waals surface area contributed by atoms with Crippen LogP contribution in [0.3, 0.4) is 0 Å². The number of aryl methyl sites for hydroxylation is 2. The second-order valence-corrected chi connectivity index (χ2v) is 8.29. The largest absolute Gasteiger partial charge is 0.467 e. The highest BCUT2D eigenvalue weighted by Crippen LogP contribution is 2.24. The van der Waals surface area contributed by atoms with Crippen molar-refractivity contribution in [2.24, 2.45) is 0 Å². The zero-order valence-electron chi connectivity index (χ0n) is 19.6. The van der Waals surface area contributed by atoms with Gasteiger partial charge in [-0.1, -0.05) is 6.07 Å². The number of hydrogen-bond acceptors (Lipinski definition) is 8. The fourth-order valence-corrected chi connectivity index (χ4v) is 4.00. The van der Waals surface area contributed by atoms with Crippen molar-refractivity contribution >= 4 is 17.6 Å². The number of ether oxygens (including phenoxy) is 2. The van der Waals surface area contributed by atoms with Crippen molar-refractivity contribution in [3.05, 3.63) is 41.3 Å². The summed E-state index contributed by atoms with van der Waals surface area (Å²) in [7, 11) is 1.48. The van der Waals surface area contributed by atoms with Crippen molar-refractivity contribution in [1.29, 1.82) is 0 Å². The van der Waals surface area contributed by atoms with Gasteiger partial charge < -0.3 is 14.8 Å². The Balaban J connectivity index is 1.45. The van der Waals surface area contributed by atoms with Crippen molar-refractivity contribution in [3.8, 4) is 6.01 Å². The summed E-state index contributed by atoms with van der Waals surface area (Å²) in [6.45, 7) is 3.03. The second kappa shape index (κ2) is 12.9. The lowest BCUT2D eigenvalue weighted by atomic mass is 9.94. The van der Waals surface area contributed by atoms with E-state index in [1.54, 1.807) is 19.3 Å². The van der Waals surface area contributed by atoms with Gasteiger partial charge in [-0.2, -0.15) is 0 Å². The summed E-state index contributed by atoms with van der Waals surface area (Å²) in [6.07, 6.45) is 10.3. The van der Waals surface area contributed by atoms with E-state index in [1.165, 1.54) is 25.5 Å². The zero-order valence-corrected chi connectivity index (χ0v) is 19.6. The molecule has 0 aliphatic carbocycles. The Kier molecular flexibility index (Phi) is 9.59. The smallest absolute Gasteiger partial charge is 0.316 e. The van der Waals surface area contributed by atoms with Crippen molar-refractivity contribution in [2.75, 3.05) is 25.6 Å². The number of rotatable bonds is 12. The molecule has 33 heavy (non-hydrogen) atoms. The third kappa shape index (κ3) is 7.51. The van der Waals surface area contributed by atoms with Crippen molar-refractivity contribution in [1.82, 2.24) is 15.0 Å². The Morgan fingerprint density at radius 3 is 2.70 bits per heavy atom. The lowest BCUT2D eigenvalue weighted by Crippen LogP contribution is -2.18. The van der Waals surface area contributed by atoms with E-state index in [4.69, 9.17) is 14.5 Å². The first kappa shape index (κ1) is 24.6. The van der Waals surface area contributed by atoms with Gasteiger partial charge >= 0.3 is 12.0 Å². The average Bonchev–Trinajstić information content (AvgIpc) is 3.07. The fraction of sp³-hybridized carbons (Fsp3) is 0.560. The van der Waals surface area contributed by atoms with Crippen LogP contribution in [0.4, 0.5) is 5.82 Å². The number of methoxy groups -OCH3 is 1. The van der Waals surface area contributed by atoms with Crippen LogP contribution in [0.5, 0.6) is 6.01 Å². The van der Waals surface area contributed by atoms with Crippen molar-refractivity contribution < 1.29 is 19.1 Å². The molecule has 1 N–H and O–H groups in total. The normalized spacial score (nSPS) is 13.9. The molecule has 8 heteroatoms. The van der Waals surface area contributed by atoms with Crippen LogP contribution in [-0.2, 0) is 27.2 Å². The Bertz CT molecular complexity index is 917. The molecule has 0 spiro atoms. The van der Waals surface area contributed by atoms with Crippen LogP contribution in [-0.4, -0.2) is 47.0 Å². The highest BCUT2D eigenvalue weighted by Gasteiger charge is 2.24. The van der Waals surface area contributed by atoms with Crippen molar-refractivity contribution in [2.45, 2.75) is 70.6 Å². The molecule has 0 amide bonds. The van der Waals surface area contributed by atoms with Crippen LogP contribution in [0, 0.1) is 0 Å². The number of nitrogens with zero attached hydrogens (tertiary/aromatic N) is 3. The zero-order chi connectivity index (χ0) is 23.5. The van der Waals surface area contributed by atoms with Gasteiger partial charge in [0.25, 0.3) is 0 Å². The highest BCUT2D eigenvalue weighted by atomic mass is 16.5. The van der Waals surface area contributed by atoms with E-state index in [-0.39, 0.29) is 24.4 Å². The summed E-state index contributed by atoms with van der Waals surface area (Å²) in [6, 6.07) is 4.52. The number of nitrogens with one attached hydrogen (secondary N) is 1. The minimum absolute atomic E-state index is 0.148. The Labute approximate surface area is 195 Å². The number of carbonyl (C=O) groups is 2. The van der Waals surface area contributed by atoms with E-state index in [0.29, 0.717) is 24.8 Å². The molecule has 0 aromatic carbocycles. The summed E-state index contributed by atoms with van der Waals surface area (Å²) in [5.41, 5.74) is 2.99. The van der Waals surface area contributed by atoms with Gasteiger partial charge in [0.05, 0.1) is 19.6 Å². The standard InChI is InChI=1S/C25H34N4O4/c1-3-33-24(31)22(19-16-27-25(32-2)28-17-19)14-13-21(30)10-5-4-9-20-12-11-18-8-6-7-15-26-23(18)29-20/h11-12,16-17,22H,3-10,13-15H2,1-2H3,(H,26,29)/t22-/m1/s1. The van der Waals surface area contributed by atoms with Gasteiger partial charge in [-0.3, -0.25) is 9.59 Å². The molecule has 3 heterocycles. The van der Waals surface area contributed by atoms with Crippen LogP contribution in [0.25, 0.3) is 0 Å². The monoisotopic (exact) mass is 454 g/mol. The molecular weight excluding hydrogens is 420 g/mol. The predicted octanol–water partition coefficient (Wildman–Crippen LogP) is 4.04. The number of hydrogen-bond donors (Lipinski definition) is 1. The van der Waals surface area contributed by atoms with E-state index < -0.39 is 5.92 Å². The minimum atomic E-state index is -0.559. The highest BCUT2D eigenvalue weighted by molar-refractivity contribution is 5.81. The van der Waals surface area contributed by atoms with Gasteiger partial charge in [-0.05, 0) is 63.5 Å². The molecule has 1 aliphatic heterocycles. The Hall–Kier alpha value is -3.03. The maximum Gasteiger partial charge on any atom is 0.316 e. The quantitative estimate of drug-likeness (QED) is 0.379. The molecule has 1 aliphatic rings. The second-order valence-electron chi connectivity index (χ2n) is 8.29. The molecule has 0 radical (unpaired) electrons. The third-order valence-electron chi connectivity index (χ3n) is 5.86. The third-order valence-corrected chi connectivity index (χ3v) is 5.86. The molecular formula is C25H34N4O4. The maximum atomic E-state index is 12.5.